The van der Waals surface area contributed by atoms with E-state index in [-0.39, 0.29) is 29.5 Å². The Hall–Kier alpha value is -4.41. The number of ether oxygens (including phenoxy) is 1. The fourth-order valence-electron chi connectivity index (χ4n) is 6.20. The van der Waals surface area contributed by atoms with Gasteiger partial charge in [-0.15, -0.1) is 5.10 Å². The number of quaternary nitrogens is 1. The van der Waals surface area contributed by atoms with Crippen LogP contribution in [0.2, 0.25) is 0 Å². The Morgan fingerprint density at radius 3 is 2.62 bits per heavy atom. The number of hydrogen-bond donors (Lipinski definition) is 2. The van der Waals surface area contributed by atoms with Gasteiger partial charge in [-0.3, -0.25) is 4.90 Å². The number of alkyl halides is 3. The second kappa shape index (κ2) is 11.1. The van der Waals surface area contributed by atoms with Gasteiger partial charge in [0, 0.05) is 29.8 Å². The van der Waals surface area contributed by atoms with Gasteiger partial charge >= 0.3 is 17.8 Å². The van der Waals surface area contributed by atoms with E-state index in [0.717, 1.165) is 38.1 Å². The SMILES string of the molecule is COC(=O)C1=C(C)N(c2cccc(C(F)(F)F)c2)c2n[nH]c(=O)n2[C@@H]1c1ccc(C#N)cc1C[N+]1(CCO)CCCC1. The van der Waals surface area contributed by atoms with E-state index in [1.54, 1.807) is 25.1 Å². The summed E-state index contributed by atoms with van der Waals surface area (Å²) in [5.41, 5.74) is 0.358. The normalized spacial score (nSPS) is 18.1. The minimum Gasteiger partial charge on any atom is -0.466 e. The fourth-order valence-corrected chi connectivity index (χ4v) is 6.20. The Balaban J connectivity index is 1.75. The molecular formula is C29H30F3N6O4+. The lowest BCUT2D eigenvalue weighted by atomic mass is 9.89. The first-order valence-corrected chi connectivity index (χ1v) is 13.5. The number of benzene rings is 2. The van der Waals surface area contributed by atoms with Crippen LogP contribution in [0.15, 0.2) is 58.5 Å². The molecule has 13 heteroatoms. The minimum atomic E-state index is -4.62. The van der Waals surface area contributed by atoms with Gasteiger partial charge in [0.05, 0.1) is 49.6 Å². The van der Waals surface area contributed by atoms with Crippen LogP contribution in [0.3, 0.4) is 0 Å². The van der Waals surface area contributed by atoms with Crippen LogP contribution in [0.5, 0.6) is 0 Å². The molecule has 1 aromatic heterocycles. The highest BCUT2D eigenvalue weighted by Gasteiger charge is 2.42. The molecule has 2 N–H and O–H groups in total. The summed E-state index contributed by atoms with van der Waals surface area (Å²) in [6, 6.07) is 10.6. The highest BCUT2D eigenvalue weighted by molar-refractivity contribution is 5.93. The topological polar surface area (TPSA) is 124 Å². The smallest absolute Gasteiger partial charge is 0.416 e. The number of allylic oxidation sites excluding steroid dienone is 1. The van der Waals surface area contributed by atoms with Crippen molar-refractivity contribution in [3.05, 3.63) is 86.5 Å². The van der Waals surface area contributed by atoms with E-state index in [1.165, 1.54) is 28.7 Å². The molecule has 1 saturated heterocycles. The molecule has 220 valence electrons. The van der Waals surface area contributed by atoms with Gasteiger partial charge in [0.25, 0.3) is 0 Å². The molecule has 2 aliphatic rings. The number of aromatic amines is 1. The van der Waals surface area contributed by atoms with E-state index in [9.17, 15) is 33.1 Å². The van der Waals surface area contributed by atoms with Crippen molar-refractivity contribution in [2.75, 3.05) is 38.3 Å². The number of aliphatic hydroxyl groups excluding tert-OH is 1. The largest absolute Gasteiger partial charge is 0.466 e. The van der Waals surface area contributed by atoms with Crippen molar-refractivity contribution >= 4 is 17.6 Å². The maximum absolute atomic E-state index is 13.6. The number of fused-ring (bicyclic) bond motifs is 1. The molecule has 0 aliphatic carbocycles. The van der Waals surface area contributed by atoms with Gasteiger partial charge in [0.2, 0.25) is 5.95 Å². The number of esters is 1. The number of nitrogens with one attached hydrogen (secondary N) is 1. The summed E-state index contributed by atoms with van der Waals surface area (Å²) < 4.78 is 47.8. The first-order chi connectivity index (χ1) is 20.0. The Labute approximate surface area is 239 Å². The number of methoxy groups -OCH3 is 1. The van der Waals surface area contributed by atoms with Crippen molar-refractivity contribution in [1.29, 1.82) is 5.26 Å². The molecule has 0 amide bonds. The van der Waals surface area contributed by atoms with Crippen LogP contribution in [-0.4, -0.2) is 63.7 Å². The molecule has 5 rings (SSSR count). The summed E-state index contributed by atoms with van der Waals surface area (Å²) in [5.74, 6) is -0.783. The Bertz CT molecular complexity index is 1650. The molecule has 1 atom stereocenters. The maximum atomic E-state index is 13.6. The summed E-state index contributed by atoms with van der Waals surface area (Å²) in [6.07, 6.45) is -2.68. The molecule has 2 aliphatic heterocycles. The molecule has 0 spiro atoms. The van der Waals surface area contributed by atoms with E-state index >= 15 is 0 Å². The standard InChI is InChI=1S/C29H29F3N6O4/c1-18-24(26(40)42-2)25(23-9-8-19(16-33)14-20(23)17-38(12-13-39)10-3-4-11-38)37-27(34-35-28(37)41)36(18)22-7-5-6-21(15-22)29(30,31)32/h5-9,14-15,25,39H,3-4,10-13,17H2,1-2H3/p+1/t25-/m1/s1. The minimum absolute atomic E-state index is 0.00906. The molecule has 0 bridgehead atoms. The van der Waals surface area contributed by atoms with Gasteiger partial charge in [-0.1, -0.05) is 12.1 Å². The maximum Gasteiger partial charge on any atom is 0.416 e. The number of aromatic nitrogens is 3. The molecule has 2 aromatic carbocycles. The Morgan fingerprint density at radius 2 is 1.98 bits per heavy atom. The van der Waals surface area contributed by atoms with Gasteiger partial charge in [-0.2, -0.15) is 18.4 Å². The van der Waals surface area contributed by atoms with Gasteiger partial charge in [-0.25, -0.2) is 19.3 Å². The zero-order chi connectivity index (χ0) is 30.2. The van der Waals surface area contributed by atoms with Crippen LogP contribution >= 0.6 is 0 Å². The van der Waals surface area contributed by atoms with Gasteiger partial charge in [0.1, 0.15) is 19.1 Å². The third kappa shape index (κ3) is 5.08. The number of rotatable bonds is 7. The third-order valence-electron chi connectivity index (χ3n) is 8.14. The second-order valence-electron chi connectivity index (χ2n) is 10.6. The number of anilines is 2. The number of carbonyl (C=O) groups is 1. The van der Waals surface area contributed by atoms with Crippen molar-refractivity contribution < 1.29 is 32.3 Å². The lowest BCUT2D eigenvalue weighted by Crippen LogP contribution is -2.47. The summed E-state index contributed by atoms with van der Waals surface area (Å²) in [5, 5.41) is 26.1. The Kier molecular flexibility index (Phi) is 7.70. The van der Waals surface area contributed by atoms with Crippen LogP contribution in [0.1, 0.15) is 48.1 Å². The van der Waals surface area contributed by atoms with E-state index in [0.29, 0.717) is 34.3 Å². The summed E-state index contributed by atoms with van der Waals surface area (Å²) in [4.78, 5) is 28.1. The number of carbonyl (C=O) groups excluding carboxylic acids is 1. The van der Waals surface area contributed by atoms with E-state index < -0.39 is 29.4 Å². The van der Waals surface area contributed by atoms with Crippen LogP contribution in [0.4, 0.5) is 24.8 Å². The number of nitrogens with zero attached hydrogens (tertiary/aromatic N) is 5. The molecule has 42 heavy (non-hydrogen) atoms. The van der Waals surface area contributed by atoms with Crippen LogP contribution in [0.25, 0.3) is 0 Å². The monoisotopic (exact) mass is 583 g/mol. The molecule has 0 unspecified atom stereocenters. The number of aliphatic hydroxyl groups is 1. The first kappa shape index (κ1) is 29.1. The van der Waals surface area contributed by atoms with Gasteiger partial charge in [0.15, 0.2) is 0 Å². The summed E-state index contributed by atoms with van der Waals surface area (Å²) in [6.45, 7) is 4.11. The third-order valence-corrected chi connectivity index (χ3v) is 8.14. The highest BCUT2D eigenvalue weighted by atomic mass is 19.4. The van der Waals surface area contributed by atoms with E-state index in [2.05, 4.69) is 16.3 Å². The molecule has 1 fully saturated rings. The van der Waals surface area contributed by atoms with Crippen LogP contribution in [0, 0.1) is 11.3 Å². The number of hydrogen-bond acceptors (Lipinski definition) is 7. The van der Waals surface area contributed by atoms with Crippen molar-refractivity contribution in [3.63, 3.8) is 0 Å². The summed E-state index contributed by atoms with van der Waals surface area (Å²) in [7, 11) is 1.19. The average molecular weight is 584 g/mol. The Morgan fingerprint density at radius 1 is 1.24 bits per heavy atom. The quantitative estimate of drug-likeness (QED) is 0.321. The highest BCUT2D eigenvalue weighted by Crippen LogP contribution is 2.44. The zero-order valence-electron chi connectivity index (χ0n) is 23.1. The van der Waals surface area contributed by atoms with Gasteiger partial charge < -0.3 is 14.3 Å². The molecule has 0 saturated carbocycles. The second-order valence-corrected chi connectivity index (χ2v) is 10.6. The lowest BCUT2D eigenvalue weighted by molar-refractivity contribution is -0.930. The number of halogens is 3. The lowest BCUT2D eigenvalue weighted by Gasteiger charge is -2.38. The zero-order valence-corrected chi connectivity index (χ0v) is 23.1. The van der Waals surface area contributed by atoms with E-state index in [4.69, 9.17) is 4.74 Å². The van der Waals surface area contributed by atoms with Crippen molar-refractivity contribution in [2.24, 2.45) is 0 Å². The predicted octanol–water partition coefficient (Wildman–Crippen LogP) is 3.75. The van der Waals surface area contributed by atoms with Crippen molar-refractivity contribution in [1.82, 2.24) is 14.8 Å². The predicted molar refractivity (Wildman–Crippen MR) is 145 cm³/mol. The average Bonchev–Trinajstić information content (AvgIpc) is 3.58. The molecular weight excluding hydrogens is 553 g/mol. The number of nitriles is 1. The molecule has 3 heterocycles. The number of H-pyrrole nitrogens is 1. The van der Waals surface area contributed by atoms with Crippen LogP contribution < -0.4 is 10.6 Å². The fraction of sp³-hybridized carbons (Fsp3) is 0.379. The molecule has 0 radical (unpaired) electrons. The van der Waals surface area contributed by atoms with Crippen molar-refractivity contribution in [3.8, 4) is 6.07 Å². The molecule has 3 aromatic rings. The van der Waals surface area contributed by atoms with E-state index in [1.807, 2.05) is 0 Å². The number of likely N-dealkylation sites (tertiary alicyclic amines) is 1. The summed E-state index contributed by atoms with van der Waals surface area (Å²) >= 11 is 0. The van der Waals surface area contributed by atoms with Gasteiger partial charge in [-0.05, 0) is 42.8 Å². The van der Waals surface area contributed by atoms with Crippen molar-refractivity contribution in [2.45, 2.75) is 38.5 Å². The first-order valence-electron chi connectivity index (χ1n) is 13.5. The molecule has 10 nitrogen and oxygen atoms in total. The van der Waals surface area contributed by atoms with Crippen LogP contribution in [-0.2, 0) is 22.3 Å².